The third-order valence-corrected chi connectivity index (χ3v) is 10.7. The van der Waals surface area contributed by atoms with Crippen molar-refractivity contribution in [1.29, 1.82) is 0 Å². The van der Waals surface area contributed by atoms with Gasteiger partial charge in [-0.15, -0.1) is 11.8 Å². The predicted molar refractivity (Wildman–Crippen MR) is 143 cm³/mol. The Hall–Kier alpha value is -0.470. The molecule has 7 unspecified atom stereocenters. The van der Waals surface area contributed by atoms with Gasteiger partial charge in [-0.1, -0.05) is 58.1 Å². The molecule has 0 saturated heterocycles. The Bertz CT molecular complexity index is 691. The van der Waals surface area contributed by atoms with E-state index in [0.717, 1.165) is 42.4 Å². The van der Waals surface area contributed by atoms with Crippen LogP contribution in [0.1, 0.15) is 105 Å². The van der Waals surface area contributed by atoms with Crippen LogP contribution < -0.4 is 0 Å². The summed E-state index contributed by atoms with van der Waals surface area (Å²) in [6.45, 7) is 6.68. The molecule has 0 aromatic carbocycles. The van der Waals surface area contributed by atoms with Crippen molar-refractivity contribution in [2.45, 2.75) is 111 Å². The van der Waals surface area contributed by atoms with Crippen molar-refractivity contribution in [1.82, 2.24) is 0 Å². The lowest BCUT2D eigenvalue weighted by Gasteiger charge is -2.54. The summed E-state index contributed by atoms with van der Waals surface area (Å²) in [5.41, 5.74) is 2.24. The molecule has 0 spiro atoms. The first-order chi connectivity index (χ1) is 15.1. The van der Waals surface area contributed by atoms with Crippen molar-refractivity contribution in [3.8, 4) is 0 Å². The van der Waals surface area contributed by atoms with E-state index in [4.69, 9.17) is 0 Å². The summed E-state index contributed by atoms with van der Waals surface area (Å²) in [5, 5.41) is 10.1. The van der Waals surface area contributed by atoms with Gasteiger partial charge in [-0.25, -0.2) is 0 Å². The highest BCUT2D eigenvalue weighted by atomic mass is 32.2. The van der Waals surface area contributed by atoms with Gasteiger partial charge in [0, 0.05) is 4.91 Å². The highest BCUT2D eigenvalue weighted by molar-refractivity contribution is 8.03. The summed E-state index contributed by atoms with van der Waals surface area (Å²) in [7, 11) is 0. The van der Waals surface area contributed by atoms with Gasteiger partial charge in [0.2, 0.25) is 0 Å². The summed E-state index contributed by atoms with van der Waals surface area (Å²) in [4.78, 5) is 1.51. The van der Waals surface area contributed by atoms with Gasteiger partial charge in [-0.05, 0) is 118 Å². The van der Waals surface area contributed by atoms with E-state index in [-0.39, 0.29) is 13.5 Å². The van der Waals surface area contributed by atoms with E-state index in [1.165, 1.54) is 74.9 Å². The van der Waals surface area contributed by atoms with Crippen molar-refractivity contribution in [2.75, 3.05) is 5.75 Å². The molecule has 0 amide bonds. The lowest BCUT2D eigenvalue weighted by atomic mass is 9.51. The minimum absolute atomic E-state index is 0. The van der Waals surface area contributed by atoms with Crippen molar-refractivity contribution in [2.24, 2.45) is 35.0 Å². The van der Waals surface area contributed by atoms with E-state index in [9.17, 15) is 5.11 Å². The number of hydrogen-bond acceptors (Lipinski definition) is 2. The van der Waals surface area contributed by atoms with Gasteiger partial charge in [-0.2, -0.15) is 0 Å². The standard InChI is InChI=1S/C27H40OS.C2H6.CH4/c1-27-16-15-24-23-13-11-21(28)18-19(23)9-12-25(24)26(27)14-10-20(27)6-5-17-29-22-7-3-2-4-8-22;1-2;/h3,7-9,20-21,23-26,28H,2,4-6,10-18H2,1H3;1-2H3;1H4. The molecule has 7 atom stereocenters. The van der Waals surface area contributed by atoms with Gasteiger partial charge in [0.25, 0.3) is 0 Å². The van der Waals surface area contributed by atoms with E-state index >= 15 is 0 Å². The van der Waals surface area contributed by atoms with Crippen LogP contribution in [0.3, 0.4) is 0 Å². The molecule has 5 aliphatic carbocycles. The van der Waals surface area contributed by atoms with Crippen LogP contribution in [-0.2, 0) is 0 Å². The maximum Gasteiger partial charge on any atom is 0.0577 e. The molecule has 0 aromatic heterocycles. The van der Waals surface area contributed by atoms with Gasteiger partial charge in [0.15, 0.2) is 0 Å². The SMILES string of the molecule is C.CC.CC12CCC3C4CCC(O)CC4=CCC3C1CCC2CCCSC1=CCCC=C1. The maximum atomic E-state index is 10.1. The molecule has 0 bridgehead atoms. The Morgan fingerprint density at radius 2 is 1.88 bits per heavy atom. The number of aliphatic hydroxyl groups is 1. The fraction of sp³-hybridized carbons (Fsp3) is 0.800. The Kier molecular flexibility index (Phi) is 9.63. The summed E-state index contributed by atoms with van der Waals surface area (Å²) in [5.74, 6) is 5.91. The molecule has 182 valence electrons. The average molecular weight is 459 g/mol. The van der Waals surface area contributed by atoms with Crippen molar-refractivity contribution in [3.05, 3.63) is 34.8 Å². The normalized spacial score (nSPS) is 39.9. The van der Waals surface area contributed by atoms with E-state index < -0.39 is 0 Å². The first kappa shape index (κ1) is 26.1. The van der Waals surface area contributed by atoms with Gasteiger partial charge < -0.3 is 5.11 Å². The zero-order valence-corrected chi connectivity index (χ0v) is 21.1. The molecule has 1 N–H and O–H groups in total. The van der Waals surface area contributed by atoms with Crippen molar-refractivity contribution >= 4 is 11.8 Å². The Morgan fingerprint density at radius 1 is 1.03 bits per heavy atom. The summed E-state index contributed by atoms with van der Waals surface area (Å²) >= 11 is 2.09. The largest absolute Gasteiger partial charge is 0.393 e. The quantitative estimate of drug-likeness (QED) is 0.328. The lowest BCUT2D eigenvalue weighted by Crippen LogP contribution is -2.46. The smallest absolute Gasteiger partial charge is 0.0577 e. The predicted octanol–water partition coefficient (Wildman–Crippen LogP) is 8.95. The van der Waals surface area contributed by atoms with Crippen LogP contribution in [0.5, 0.6) is 0 Å². The second kappa shape index (κ2) is 11.8. The Morgan fingerprint density at radius 3 is 2.66 bits per heavy atom. The topological polar surface area (TPSA) is 20.2 Å². The second-order valence-electron chi connectivity index (χ2n) is 10.9. The molecular formula is C30H50OS. The molecule has 3 fully saturated rings. The monoisotopic (exact) mass is 458 g/mol. The highest BCUT2D eigenvalue weighted by Gasteiger charge is 2.55. The Labute approximate surface area is 203 Å². The lowest BCUT2D eigenvalue weighted by molar-refractivity contribution is -0.0196. The minimum Gasteiger partial charge on any atom is -0.393 e. The molecular weight excluding hydrogens is 408 g/mol. The molecule has 2 heteroatoms. The van der Waals surface area contributed by atoms with E-state index in [0.29, 0.717) is 5.41 Å². The third-order valence-electron chi connectivity index (χ3n) is 9.54. The summed E-state index contributed by atoms with van der Waals surface area (Å²) in [6.07, 6.45) is 25.4. The fourth-order valence-corrected chi connectivity index (χ4v) is 9.02. The summed E-state index contributed by atoms with van der Waals surface area (Å²) in [6, 6.07) is 0. The maximum absolute atomic E-state index is 10.1. The van der Waals surface area contributed by atoms with Crippen LogP contribution in [-0.4, -0.2) is 17.0 Å². The number of rotatable bonds is 5. The van der Waals surface area contributed by atoms with E-state index in [1.54, 1.807) is 5.57 Å². The molecule has 0 heterocycles. The first-order valence-corrected chi connectivity index (χ1v) is 14.5. The second-order valence-corrected chi connectivity index (χ2v) is 12.1. The molecule has 1 nitrogen and oxygen atoms in total. The van der Waals surface area contributed by atoms with Crippen LogP contribution in [0.4, 0.5) is 0 Å². The number of fused-ring (bicyclic) bond motifs is 5. The number of aliphatic hydroxyl groups excluding tert-OH is 1. The number of allylic oxidation sites excluding steroid dienone is 4. The fourth-order valence-electron chi connectivity index (χ4n) is 8.05. The van der Waals surface area contributed by atoms with Gasteiger partial charge in [-0.3, -0.25) is 0 Å². The zero-order chi connectivity index (χ0) is 21.8. The van der Waals surface area contributed by atoms with Crippen LogP contribution in [0.25, 0.3) is 0 Å². The van der Waals surface area contributed by atoms with Crippen LogP contribution in [0.15, 0.2) is 34.8 Å². The van der Waals surface area contributed by atoms with Crippen molar-refractivity contribution < 1.29 is 5.11 Å². The van der Waals surface area contributed by atoms with Gasteiger partial charge in [0.05, 0.1) is 6.10 Å². The molecule has 3 saturated carbocycles. The highest BCUT2D eigenvalue weighted by Crippen LogP contribution is 2.64. The molecule has 32 heavy (non-hydrogen) atoms. The van der Waals surface area contributed by atoms with Gasteiger partial charge >= 0.3 is 0 Å². The first-order valence-electron chi connectivity index (χ1n) is 13.5. The number of hydrogen-bond donors (Lipinski definition) is 1. The van der Waals surface area contributed by atoms with Crippen LogP contribution in [0.2, 0.25) is 0 Å². The van der Waals surface area contributed by atoms with E-state index in [1.807, 2.05) is 13.8 Å². The minimum atomic E-state index is -0.0588. The molecule has 0 radical (unpaired) electrons. The van der Waals surface area contributed by atoms with Crippen LogP contribution >= 0.6 is 11.8 Å². The van der Waals surface area contributed by atoms with Crippen LogP contribution in [0, 0.1) is 35.0 Å². The molecule has 5 rings (SSSR count). The molecule has 0 aliphatic heterocycles. The molecule has 5 aliphatic rings. The Balaban J connectivity index is 0.000000938. The van der Waals surface area contributed by atoms with Crippen molar-refractivity contribution in [3.63, 3.8) is 0 Å². The van der Waals surface area contributed by atoms with Gasteiger partial charge in [0.1, 0.15) is 0 Å². The third kappa shape index (κ3) is 5.27. The number of thioether (sulfide) groups is 1. The van der Waals surface area contributed by atoms with E-state index in [2.05, 4.69) is 43.0 Å². The summed E-state index contributed by atoms with van der Waals surface area (Å²) < 4.78 is 0. The average Bonchev–Trinajstić information content (AvgIpc) is 3.14. The zero-order valence-electron chi connectivity index (χ0n) is 20.3. The molecule has 0 aromatic rings.